The molecule has 16 heavy (non-hydrogen) atoms. The molecule has 0 saturated heterocycles. The van der Waals surface area contributed by atoms with E-state index < -0.39 is 0 Å². The third-order valence-electron chi connectivity index (χ3n) is 2.16. The molecule has 4 heteroatoms. The second-order valence-electron chi connectivity index (χ2n) is 3.34. The van der Waals surface area contributed by atoms with Gasteiger partial charge in [0.2, 0.25) is 0 Å². The number of rotatable bonds is 2. The first-order chi connectivity index (χ1) is 7.66. The highest BCUT2D eigenvalue weighted by Gasteiger charge is 2.03. The van der Waals surface area contributed by atoms with E-state index in [9.17, 15) is 0 Å². The van der Waals surface area contributed by atoms with Crippen LogP contribution in [0.3, 0.4) is 0 Å². The Balaban J connectivity index is 2.31. The van der Waals surface area contributed by atoms with Crippen molar-refractivity contribution >= 4 is 44.6 Å². The van der Waals surface area contributed by atoms with Crippen LogP contribution in [0.2, 0.25) is 5.02 Å². The van der Waals surface area contributed by atoms with E-state index in [-0.39, 0.29) is 0 Å². The van der Waals surface area contributed by atoms with E-state index >= 15 is 0 Å². The second-order valence-corrected chi connectivity index (χ2v) is 4.66. The lowest BCUT2D eigenvalue weighted by Crippen LogP contribution is -1.96. The fourth-order valence-corrected chi connectivity index (χ4v) is 2.07. The van der Waals surface area contributed by atoms with Crippen molar-refractivity contribution in [1.29, 1.82) is 0 Å². The number of nitrogens with one attached hydrogen (secondary N) is 1. The minimum atomic E-state index is 0.651. The molecule has 0 saturated carbocycles. The minimum absolute atomic E-state index is 0.651. The molecule has 0 atom stereocenters. The van der Waals surface area contributed by atoms with Gasteiger partial charge in [0.25, 0.3) is 0 Å². The van der Waals surface area contributed by atoms with Gasteiger partial charge in [-0.3, -0.25) is 0 Å². The average Bonchev–Trinajstić information content (AvgIpc) is 2.25. The van der Waals surface area contributed by atoms with Crippen LogP contribution in [-0.4, -0.2) is 0 Å². The lowest BCUT2D eigenvalue weighted by atomic mass is 10.2. The van der Waals surface area contributed by atoms with E-state index in [1.807, 2.05) is 42.5 Å². The Bertz CT molecular complexity index is 514. The van der Waals surface area contributed by atoms with E-state index in [1.54, 1.807) is 0 Å². The van der Waals surface area contributed by atoms with Crippen LogP contribution in [0.15, 0.2) is 46.9 Å². The number of benzene rings is 2. The van der Waals surface area contributed by atoms with Crippen LogP contribution in [0.4, 0.5) is 17.1 Å². The van der Waals surface area contributed by atoms with Crippen molar-refractivity contribution in [3.05, 3.63) is 52.0 Å². The maximum absolute atomic E-state index is 6.10. The van der Waals surface area contributed by atoms with E-state index in [1.165, 1.54) is 0 Å². The standard InChI is InChI=1S/C12H10BrClN2/c13-8-5-6-11(9(14)7-8)16-12-4-2-1-3-10(12)15/h1-7,16H,15H2. The van der Waals surface area contributed by atoms with Gasteiger partial charge in [0, 0.05) is 4.47 Å². The van der Waals surface area contributed by atoms with Gasteiger partial charge in [0.1, 0.15) is 0 Å². The first kappa shape index (κ1) is 11.3. The largest absolute Gasteiger partial charge is 0.397 e. The molecule has 2 rings (SSSR count). The lowest BCUT2D eigenvalue weighted by Gasteiger charge is -2.10. The first-order valence-electron chi connectivity index (χ1n) is 4.73. The van der Waals surface area contributed by atoms with Gasteiger partial charge in [-0.05, 0) is 30.3 Å². The topological polar surface area (TPSA) is 38.0 Å². The second kappa shape index (κ2) is 4.76. The molecule has 0 radical (unpaired) electrons. The summed E-state index contributed by atoms with van der Waals surface area (Å²) in [6, 6.07) is 13.2. The predicted molar refractivity (Wildman–Crippen MR) is 73.3 cm³/mol. The number of hydrogen-bond donors (Lipinski definition) is 2. The fraction of sp³-hybridized carbons (Fsp3) is 0. The molecule has 0 aromatic heterocycles. The minimum Gasteiger partial charge on any atom is -0.397 e. The van der Waals surface area contributed by atoms with Gasteiger partial charge >= 0.3 is 0 Å². The van der Waals surface area contributed by atoms with Gasteiger partial charge in [-0.15, -0.1) is 0 Å². The lowest BCUT2D eigenvalue weighted by molar-refractivity contribution is 1.53. The molecule has 2 nitrogen and oxygen atoms in total. The van der Waals surface area contributed by atoms with Gasteiger partial charge in [-0.2, -0.15) is 0 Å². The normalized spacial score (nSPS) is 10.1. The molecule has 0 fully saturated rings. The zero-order valence-corrected chi connectivity index (χ0v) is 10.7. The quantitative estimate of drug-likeness (QED) is 0.805. The van der Waals surface area contributed by atoms with E-state index in [4.69, 9.17) is 17.3 Å². The maximum Gasteiger partial charge on any atom is 0.0652 e. The summed E-state index contributed by atoms with van der Waals surface area (Å²) in [5.74, 6) is 0. The highest BCUT2D eigenvalue weighted by molar-refractivity contribution is 9.10. The Kier molecular flexibility index (Phi) is 3.36. The van der Waals surface area contributed by atoms with Gasteiger partial charge in [-0.1, -0.05) is 39.7 Å². The summed E-state index contributed by atoms with van der Waals surface area (Å²) in [5.41, 5.74) is 8.22. The monoisotopic (exact) mass is 296 g/mol. The van der Waals surface area contributed by atoms with Crippen LogP contribution < -0.4 is 11.1 Å². The molecule has 82 valence electrons. The Labute approximate surface area is 108 Å². The van der Waals surface area contributed by atoms with Crippen molar-refractivity contribution in [2.45, 2.75) is 0 Å². The fourth-order valence-electron chi connectivity index (χ4n) is 1.35. The molecule has 0 amide bonds. The first-order valence-corrected chi connectivity index (χ1v) is 5.90. The van der Waals surface area contributed by atoms with Crippen molar-refractivity contribution in [3.63, 3.8) is 0 Å². The number of hydrogen-bond acceptors (Lipinski definition) is 2. The summed E-state index contributed by atoms with van der Waals surface area (Å²) < 4.78 is 0.948. The number of nitrogens with two attached hydrogens (primary N) is 1. The van der Waals surface area contributed by atoms with Crippen molar-refractivity contribution in [2.24, 2.45) is 0 Å². The van der Waals surface area contributed by atoms with E-state index in [0.29, 0.717) is 10.7 Å². The summed E-state index contributed by atoms with van der Waals surface area (Å²) in [7, 11) is 0. The van der Waals surface area contributed by atoms with Gasteiger partial charge in [-0.25, -0.2) is 0 Å². The molecular weight excluding hydrogens is 288 g/mol. The number of anilines is 3. The third-order valence-corrected chi connectivity index (χ3v) is 2.97. The Morgan fingerprint density at radius 2 is 1.81 bits per heavy atom. The predicted octanol–water partition coefficient (Wildman–Crippen LogP) is 4.43. The van der Waals surface area contributed by atoms with Crippen molar-refractivity contribution in [2.75, 3.05) is 11.1 Å². The molecule has 0 aliphatic rings. The Hall–Kier alpha value is -1.19. The summed E-state index contributed by atoms with van der Waals surface area (Å²) in [5, 5.41) is 3.84. The number of halogens is 2. The molecule has 2 aromatic carbocycles. The summed E-state index contributed by atoms with van der Waals surface area (Å²) in [6.45, 7) is 0. The molecular formula is C12H10BrClN2. The molecule has 2 aromatic rings. The van der Waals surface area contributed by atoms with E-state index in [2.05, 4.69) is 21.2 Å². The highest BCUT2D eigenvalue weighted by Crippen LogP contribution is 2.30. The highest BCUT2D eigenvalue weighted by atomic mass is 79.9. The molecule has 0 aliphatic carbocycles. The van der Waals surface area contributed by atoms with Crippen LogP contribution in [0.5, 0.6) is 0 Å². The SMILES string of the molecule is Nc1ccccc1Nc1ccc(Br)cc1Cl. The van der Waals surface area contributed by atoms with Crippen molar-refractivity contribution < 1.29 is 0 Å². The third kappa shape index (κ3) is 2.49. The number of para-hydroxylation sites is 2. The summed E-state index contributed by atoms with van der Waals surface area (Å²) >= 11 is 9.46. The average molecular weight is 298 g/mol. The zero-order valence-electron chi connectivity index (χ0n) is 8.37. The molecule has 0 spiro atoms. The Morgan fingerprint density at radius 3 is 2.50 bits per heavy atom. The zero-order chi connectivity index (χ0) is 11.5. The summed E-state index contributed by atoms with van der Waals surface area (Å²) in [6.07, 6.45) is 0. The van der Waals surface area contributed by atoms with Crippen LogP contribution in [0.1, 0.15) is 0 Å². The maximum atomic E-state index is 6.10. The molecule has 0 aliphatic heterocycles. The number of nitrogen functional groups attached to an aromatic ring is 1. The smallest absolute Gasteiger partial charge is 0.0652 e. The van der Waals surface area contributed by atoms with Crippen LogP contribution in [0.25, 0.3) is 0 Å². The molecule has 0 bridgehead atoms. The molecule has 0 unspecified atom stereocenters. The Morgan fingerprint density at radius 1 is 1.06 bits per heavy atom. The van der Waals surface area contributed by atoms with Crippen LogP contribution in [0, 0.1) is 0 Å². The van der Waals surface area contributed by atoms with Gasteiger partial charge < -0.3 is 11.1 Å². The molecule has 3 N–H and O–H groups in total. The van der Waals surface area contributed by atoms with Crippen molar-refractivity contribution in [3.8, 4) is 0 Å². The summed E-state index contributed by atoms with van der Waals surface area (Å²) in [4.78, 5) is 0. The van der Waals surface area contributed by atoms with E-state index in [0.717, 1.165) is 15.8 Å². The van der Waals surface area contributed by atoms with Crippen LogP contribution >= 0.6 is 27.5 Å². The molecule has 0 heterocycles. The van der Waals surface area contributed by atoms with Crippen molar-refractivity contribution in [1.82, 2.24) is 0 Å². The van der Waals surface area contributed by atoms with Crippen LogP contribution in [-0.2, 0) is 0 Å². The van der Waals surface area contributed by atoms with Gasteiger partial charge in [0.05, 0.1) is 22.1 Å². The van der Waals surface area contributed by atoms with Gasteiger partial charge in [0.15, 0.2) is 0 Å².